The van der Waals surface area contributed by atoms with Crippen LogP contribution in [0.25, 0.3) is 0 Å². The smallest absolute Gasteiger partial charge is 0.697 e. The molecule has 0 aliphatic carbocycles. The third-order valence-electron chi connectivity index (χ3n) is 0.904. The van der Waals surface area contributed by atoms with Gasteiger partial charge in [-0.25, -0.2) is 0 Å². The summed E-state index contributed by atoms with van der Waals surface area (Å²) >= 11 is 0. The minimum atomic E-state index is -1.22. The molecule has 1 aromatic rings. The first-order valence-electron chi connectivity index (χ1n) is 2.54. The number of aromatic nitrogens is 4. The molecule has 10 nitrogen and oxygen atoms in total. The molecule has 0 spiro atoms. The van der Waals surface area contributed by atoms with E-state index in [0.29, 0.717) is 0 Å². The van der Waals surface area contributed by atoms with Crippen molar-refractivity contribution < 1.29 is 14.6 Å². The van der Waals surface area contributed by atoms with E-state index in [1.807, 2.05) is 0 Å². The first-order chi connectivity index (χ1) is 5.52. The van der Waals surface area contributed by atoms with E-state index in [4.69, 9.17) is 5.73 Å². The lowest BCUT2D eigenvalue weighted by Crippen LogP contribution is -2.47. The summed E-state index contributed by atoms with van der Waals surface area (Å²) in [5, 5.41) is 36.4. The molecule has 1 aromatic heterocycles. The van der Waals surface area contributed by atoms with E-state index >= 15 is 0 Å². The molecule has 0 saturated heterocycles. The van der Waals surface area contributed by atoms with Gasteiger partial charge >= 0.3 is 11.9 Å². The van der Waals surface area contributed by atoms with Gasteiger partial charge < -0.3 is 20.5 Å². The number of hydrogen-bond acceptors (Lipinski definition) is 7. The van der Waals surface area contributed by atoms with Crippen molar-refractivity contribution in [1.82, 2.24) is 10.2 Å². The first kappa shape index (κ1) is 7.84. The summed E-state index contributed by atoms with van der Waals surface area (Å²) in [6, 6.07) is 0. The van der Waals surface area contributed by atoms with Gasteiger partial charge in [0.05, 0.1) is 4.92 Å². The van der Waals surface area contributed by atoms with Crippen LogP contribution in [0.1, 0.15) is 0 Å². The second-order valence-electron chi connectivity index (χ2n) is 1.66. The Morgan fingerprint density at radius 2 is 1.92 bits per heavy atom. The number of anilines is 1. The molecule has 0 unspecified atom stereocenters. The summed E-state index contributed by atoms with van der Waals surface area (Å²) in [6.45, 7) is 0. The fourth-order valence-corrected chi connectivity index (χ4v) is 0.453. The molecular formula is C2H2N6O4. The lowest BCUT2D eigenvalue weighted by Gasteiger charge is -1.94. The average Bonchev–Trinajstić information content (AvgIpc) is 1.96. The Morgan fingerprint density at radius 1 is 1.33 bits per heavy atom. The highest BCUT2D eigenvalue weighted by atomic mass is 16.6. The summed E-state index contributed by atoms with van der Waals surface area (Å²) < 4.78 is 0. The van der Waals surface area contributed by atoms with E-state index in [-0.39, 0.29) is 4.85 Å². The Labute approximate surface area is 64.2 Å². The lowest BCUT2D eigenvalue weighted by molar-refractivity contribution is -0.768. The zero-order chi connectivity index (χ0) is 9.30. The maximum atomic E-state index is 10.5. The second kappa shape index (κ2) is 2.41. The Kier molecular flexibility index (Phi) is 1.58. The van der Waals surface area contributed by atoms with Gasteiger partial charge in [0.15, 0.2) is 5.10 Å². The minimum Gasteiger partial charge on any atom is -0.697 e. The average molecular weight is 174 g/mol. The number of rotatable bonds is 1. The first-order valence-corrected chi connectivity index (χ1v) is 2.54. The summed E-state index contributed by atoms with van der Waals surface area (Å²) in [5.74, 6) is -1.98. The Hall–Kier alpha value is -2.26. The molecule has 0 amide bonds. The Balaban J connectivity index is 3.33. The van der Waals surface area contributed by atoms with Gasteiger partial charge in [0.25, 0.3) is 5.10 Å². The Bertz CT molecular complexity index is 337. The van der Waals surface area contributed by atoms with Crippen LogP contribution in [0, 0.1) is 20.5 Å². The van der Waals surface area contributed by atoms with E-state index in [9.17, 15) is 20.5 Å². The molecule has 1 heterocycles. The molecule has 2 N–H and O–H groups in total. The second-order valence-corrected chi connectivity index (χ2v) is 1.66. The molecule has 0 aliphatic rings. The van der Waals surface area contributed by atoms with Crippen LogP contribution in [-0.4, -0.2) is 15.1 Å². The highest BCUT2D eigenvalue weighted by molar-refractivity contribution is 4.99. The van der Waals surface area contributed by atoms with Gasteiger partial charge in [-0.3, -0.25) is 5.73 Å². The van der Waals surface area contributed by atoms with Crippen LogP contribution in [0.4, 0.5) is 11.9 Å². The maximum absolute atomic E-state index is 10.5. The van der Waals surface area contributed by atoms with Crippen LogP contribution < -0.4 is 15.4 Å². The van der Waals surface area contributed by atoms with Crippen LogP contribution in [0.5, 0.6) is 0 Å². The van der Waals surface area contributed by atoms with E-state index in [1.165, 1.54) is 0 Å². The van der Waals surface area contributed by atoms with Crippen molar-refractivity contribution >= 4 is 11.9 Å². The SMILES string of the molecule is Nc1n[n+]([O-])c([N+](=O)[O-])n[n+]1[O-]. The molecule has 0 fully saturated rings. The number of nitro groups is 1. The lowest BCUT2D eigenvalue weighted by atomic mass is 11.0. The number of nitrogens with two attached hydrogens (primary N) is 1. The van der Waals surface area contributed by atoms with Gasteiger partial charge in [-0.2, -0.15) is 0 Å². The third kappa shape index (κ3) is 1.12. The van der Waals surface area contributed by atoms with E-state index < -0.39 is 21.7 Å². The van der Waals surface area contributed by atoms with Crippen LogP contribution in [-0.2, 0) is 0 Å². The van der Waals surface area contributed by atoms with E-state index in [1.54, 1.807) is 0 Å². The predicted molar refractivity (Wildman–Crippen MR) is 31.0 cm³/mol. The monoisotopic (exact) mass is 174 g/mol. The molecule has 64 valence electrons. The van der Waals surface area contributed by atoms with Crippen LogP contribution in [0.15, 0.2) is 0 Å². The number of nitrogens with zero attached hydrogens (tertiary/aromatic N) is 5. The molecule has 0 aliphatic heterocycles. The zero-order valence-corrected chi connectivity index (χ0v) is 5.45. The summed E-state index contributed by atoms with van der Waals surface area (Å²) in [4.78, 5) is 8.08. The van der Waals surface area contributed by atoms with Crippen molar-refractivity contribution in [1.29, 1.82) is 0 Å². The topological polar surface area (TPSA) is 149 Å². The van der Waals surface area contributed by atoms with Gasteiger partial charge in [0.2, 0.25) is 0 Å². The van der Waals surface area contributed by atoms with Crippen molar-refractivity contribution in [3.05, 3.63) is 20.5 Å². The molecule has 0 bridgehead atoms. The van der Waals surface area contributed by atoms with Crippen molar-refractivity contribution in [3.63, 3.8) is 0 Å². The predicted octanol–water partition coefficient (Wildman–Crippen LogP) is -2.77. The molecule has 12 heavy (non-hydrogen) atoms. The normalized spacial score (nSPS) is 9.67. The fourth-order valence-electron chi connectivity index (χ4n) is 0.453. The highest BCUT2D eigenvalue weighted by Gasteiger charge is 2.30. The number of hydrogen-bond donors (Lipinski definition) is 1. The van der Waals surface area contributed by atoms with E-state index in [2.05, 4.69) is 10.2 Å². The van der Waals surface area contributed by atoms with Crippen LogP contribution in [0.2, 0.25) is 0 Å². The third-order valence-corrected chi connectivity index (χ3v) is 0.904. The van der Waals surface area contributed by atoms with Crippen molar-refractivity contribution in [3.8, 4) is 0 Å². The van der Waals surface area contributed by atoms with Crippen molar-refractivity contribution in [2.75, 3.05) is 5.73 Å². The van der Waals surface area contributed by atoms with Crippen molar-refractivity contribution in [2.24, 2.45) is 0 Å². The van der Waals surface area contributed by atoms with Gasteiger partial charge in [0.1, 0.15) is 0 Å². The Morgan fingerprint density at radius 3 is 2.42 bits per heavy atom. The number of nitrogen functional groups attached to an aromatic ring is 1. The molecule has 1 rings (SSSR count). The summed E-state index contributed by atoms with van der Waals surface area (Å²) in [7, 11) is 0. The van der Waals surface area contributed by atoms with Gasteiger partial charge in [-0.15, -0.1) is 0 Å². The molecule has 0 atom stereocenters. The van der Waals surface area contributed by atoms with Gasteiger partial charge in [-0.1, -0.05) is 0 Å². The van der Waals surface area contributed by atoms with Crippen LogP contribution in [0.3, 0.4) is 0 Å². The van der Waals surface area contributed by atoms with E-state index in [0.717, 1.165) is 0 Å². The standard InChI is InChI=1S/C2H2N6O4/c3-1-4-7(10)2(8(11)12)5-6(1)9/h(H2,3,4). The van der Waals surface area contributed by atoms with Gasteiger partial charge in [-0.05, 0) is 0 Å². The zero-order valence-electron chi connectivity index (χ0n) is 5.45. The molecular weight excluding hydrogens is 172 g/mol. The summed E-state index contributed by atoms with van der Waals surface area (Å²) in [5.41, 5.74) is 4.82. The maximum Gasteiger partial charge on any atom is 0.707 e. The molecule has 10 heteroatoms. The van der Waals surface area contributed by atoms with Gasteiger partial charge in [0, 0.05) is 9.69 Å². The molecule has 0 aromatic carbocycles. The largest absolute Gasteiger partial charge is 0.707 e. The quantitative estimate of drug-likeness (QED) is 0.209. The minimum absolute atomic E-state index is 0.313. The molecule has 0 radical (unpaired) electrons. The molecule has 0 saturated carbocycles. The highest BCUT2D eigenvalue weighted by Crippen LogP contribution is 1.91. The summed E-state index contributed by atoms with van der Waals surface area (Å²) in [6.07, 6.45) is 0. The fraction of sp³-hybridized carbons (Fsp3) is 0. The van der Waals surface area contributed by atoms with Crippen LogP contribution >= 0.6 is 0 Å². The van der Waals surface area contributed by atoms with Crippen molar-refractivity contribution in [2.45, 2.75) is 0 Å².